The third-order valence-electron chi connectivity index (χ3n) is 1.82. The van der Waals surface area contributed by atoms with E-state index in [0.717, 1.165) is 25.9 Å². The largest absolute Gasteiger partial charge is 0.343 e. The summed E-state index contributed by atoms with van der Waals surface area (Å²) in [5.74, 6) is 0.222. The van der Waals surface area contributed by atoms with Crippen LogP contribution in [0.4, 0.5) is 0 Å². The molecule has 0 bridgehead atoms. The minimum Gasteiger partial charge on any atom is -0.343 e. The third-order valence-corrected chi connectivity index (χ3v) is 1.82. The summed E-state index contributed by atoms with van der Waals surface area (Å²) in [7, 11) is 0. The second kappa shape index (κ2) is 3.56. The molecule has 1 aliphatic heterocycles. The zero-order valence-corrected chi connectivity index (χ0v) is 6.18. The Labute approximate surface area is 61.2 Å². The molecule has 1 aliphatic rings. The van der Waals surface area contributed by atoms with E-state index in [4.69, 9.17) is 5.73 Å². The van der Waals surface area contributed by atoms with E-state index in [1.165, 1.54) is 0 Å². The van der Waals surface area contributed by atoms with Gasteiger partial charge in [-0.25, -0.2) is 0 Å². The standard InChI is InChI=1S/C7H14N2O/c8-4-3-7(10)9-5-1-2-6-9/h1-6,8H2. The molecule has 0 aromatic carbocycles. The SMILES string of the molecule is NCCC(=O)N1CCCC1. The Bertz CT molecular complexity index is 119. The van der Waals surface area contributed by atoms with E-state index < -0.39 is 0 Å². The number of nitrogens with two attached hydrogens (primary N) is 1. The van der Waals surface area contributed by atoms with Crippen LogP contribution in [0.25, 0.3) is 0 Å². The predicted molar refractivity (Wildman–Crippen MR) is 39.5 cm³/mol. The molecule has 0 aromatic heterocycles. The van der Waals surface area contributed by atoms with Gasteiger partial charge in [-0.1, -0.05) is 0 Å². The highest BCUT2D eigenvalue weighted by atomic mass is 16.2. The Kier molecular flexibility index (Phi) is 2.68. The average molecular weight is 142 g/mol. The number of nitrogens with zero attached hydrogens (tertiary/aromatic N) is 1. The van der Waals surface area contributed by atoms with Gasteiger partial charge in [-0.3, -0.25) is 4.79 Å². The van der Waals surface area contributed by atoms with Gasteiger partial charge in [0.2, 0.25) is 5.91 Å². The summed E-state index contributed by atoms with van der Waals surface area (Å²) in [6.07, 6.45) is 2.84. The third kappa shape index (κ3) is 1.70. The molecule has 0 radical (unpaired) electrons. The average Bonchev–Trinajstić information content (AvgIpc) is 2.38. The molecule has 1 saturated heterocycles. The molecule has 2 N–H and O–H groups in total. The van der Waals surface area contributed by atoms with Crippen LogP contribution in [0.2, 0.25) is 0 Å². The van der Waals surface area contributed by atoms with Crippen LogP contribution in [0, 0.1) is 0 Å². The van der Waals surface area contributed by atoms with Gasteiger partial charge >= 0.3 is 0 Å². The van der Waals surface area contributed by atoms with E-state index in [-0.39, 0.29) is 5.91 Å². The van der Waals surface area contributed by atoms with Crippen molar-refractivity contribution in [2.45, 2.75) is 19.3 Å². The van der Waals surface area contributed by atoms with Gasteiger partial charge < -0.3 is 10.6 Å². The smallest absolute Gasteiger partial charge is 0.223 e. The van der Waals surface area contributed by atoms with E-state index in [1.54, 1.807) is 0 Å². The summed E-state index contributed by atoms with van der Waals surface area (Å²) in [6.45, 7) is 2.37. The Morgan fingerprint density at radius 1 is 1.40 bits per heavy atom. The van der Waals surface area contributed by atoms with Crippen LogP contribution in [-0.2, 0) is 4.79 Å². The fourth-order valence-electron chi connectivity index (χ4n) is 1.25. The zero-order chi connectivity index (χ0) is 7.40. The Morgan fingerprint density at radius 2 is 2.00 bits per heavy atom. The van der Waals surface area contributed by atoms with Crippen LogP contribution in [-0.4, -0.2) is 30.4 Å². The van der Waals surface area contributed by atoms with Crippen LogP contribution in [0.1, 0.15) is 19.3 Å². The van der Waals surface area contributed by atoms with Crippen molar-refractivity contribution in [3.8, 4) is 0 Å². The molecule has 1 heterocycles. The fraction of sp³-hybridized carbons (Fsp3) is 0.857. The summed E-state index contributed by atoms with van der Waals surface area (Å²) in [4.78, 5) is 13.0. The quantitative estimate of drug-likeness (QED) is 0.588. The van der Waals surface area contributed by atoms with Crippen molar-refractivity contribution in [3.05, 3.63) is 0 Å². The Morgan fingerprint density at radius 3 is 2.50 bits per heavy atom. The first kappa shape index (κ1) is 7.54. The molecule has 3 heteroatoms. The van der Waals surface area contributed by atoms with Crippen molar-refractivity contribution in [2.75, 3.05) is 19.6 Å². The molecule has 10 heavy (non-hydrogen) atoms. The lowest BCUT2D eigenvalue weighted by molar-refractivity contribution is -0.129. The van der Waals surface area contributed by atoms with Gasteiger partial charge in [-0.05, 0) is 12.8 Å². The number of carbonyl (C=O) groups is 1. The normalized spacial score (nSPS) is 17.9. The second-order valence-electron chi connectivity index (χ2n) is 2.63. The molecule has 3 nitrogen and oxygen atoms in total. The molecule has 0 saturated carbocycles. The Balaban J connectivity index is 2.25. The number of hydrogen-bond acceptors (Lipinski definition) is 2. The lowest BCUT2D eigenvalue weighted by atomic mass is 10.4. The minimum absolute atomic E-state index is 0.222. The highest BCUT2D eigenvalue weighted by molar-refractivity contribution is 5.76. The molecular weight excluding hydrogens is 128 g/mol. The molecular formula is C7H14N2O. The summed E-state index contributed by atoms with van der Waals surface area (Å²) in [5, 5.41) is 0. The van der Waals surface area contributed by atoms with Crippen molar-refractivity contribution in [1.29, 1.82) is 0 Å². The van der Waals surface area contributed by atoms with Gasteiger partial charge in [0.05, 0.1) is 0 Å². The summed E-state index contributed by atoms with van der Waals surface area (Å²) in [6, 6.07) is 0. The maximum atomic E-state index is 11.1. The highest BCUT2D eigenvalue weighted by Crippen LogP contribution is 2.07. The molecule has 1 fully saturated rings. The van der Waals surface area contributed by atoms with Gasteiger partial charge in [-0.15, -0.1) is 0 Å². The summed E-state index contributed by atoms with van der Waals surface area (Å²) >= 11 is 0. The van der Waals surface area contributed by atoms with Crippen LogP contribution in [0.5, 0.6) is 0 Å². The second-order valence-corrected chi connectivity index (χ2v) is 2.63. The van der Waals surface area contributed by atoms with E-state index in [2.05, 4.69) is 0 Å². The van der Waals surface area contributed by atoms with Crippen molar-refractivity contribution in [1.82, 2.24) is 4.90 Å². The van der Waals surface area contributed by atoms with Crippen molar-refractivity contribution < 1.29 is 4.79 Å². The lowest BCUT2D eigenvalue weighted by Crippen LogP contribution is -2.29. The lowest BCUT2D eigenvalue weighted by Gasteiger charge is -2.13. The van der Waals surface area contributed by atoms with Gasteiger partial charge in [0.1, 0.15) is 0 Å². The number of hydrogen-bond donors (Lipinski definition) is 1. The predicted octanol–water partition coefficient (Wildman–Crippen LogP) is -0.0424. The molecule has 0 aromatic rings. The van der Waals surface area contributed by atoms with E-state index in [0.29, 0.717) is 13.0 Å². The number of likely N-dealkylation sites (tertiary alicyclic amines) is 1. The van der Waals surface area contributed by atoms with Gasteiger partial charge in [-0.2, -0.15) is 0 Å². The van der Waals surface area contributed by atoms with E-state index >= 15 is 0 Å². The molecule has 58 valence electrons. The topological polar surface area (TPSA) is 46.3 Å². The zero-order valence-electron chi connectivity index (χ0n) is 6.18. The van der Waals surface area contributed by atoms with Crippen LogP contribution in [0.3, 0.4) is 0 Å². The summed E-state index contributed by atoms with van der Waals surface area (Å²) in [5.41, 5.74) is 5.25. The van der Waals surface area contributed by atoms with Crippen molar-refractivity contribution >= 4 is 5.91 Å². The Hall–Kier alpha value is -0.570. The van der Waals surface area contributed by atoms with E-state index in [9.17, 15) is 4.79 Å². The van der Waals surface area contributed by atoms with Crippen LogP contribution < -0.4 is 5.73 Å². The first-order chi connectivity index (χ1) is 4.84. The number of carbonyl (C=O) groups excluding carboxylic acids is 1. The van der Waals surface area contributed by atoms with Crippen molar-refractivity contribution in [2.24, 2.45) is 5.73 Å². The van der Waals surface area contributed by atoms with Gasteiger partial charge in [0.15, 0.2) is 0 Å². The maximum Gasteiger partial charge on any atom is 0.223 e. The number of rotatable bonds is 2. The van der Waals surface area contributed by atoms with Gasteiger partial charge in [0.25, 0.3) is 0 Å². The monoisotopic (exact) mass is 142 g/mol. The first-order valence-corrected chi connectivity index (χ1v) is 3.82. The van der Waals surface area contributed by atoms with Crippen LogP contribution >= 0.6 is 0 Å². The maximum absolute atomic E-state index is 11.1. The van der Waals surface area contributed by atoms with E-state index in [1.807, 2.05) is 4.90 Å². The fourth-order valence-corrected chi connectivity index (χ4v) is 1.25. The molecule has 0 aliphatic carbocycles. The number of amides is 1. The molecule has 0 unspecified atom stereocenters. The minimum atomic E-state index is 0.222. The van der Waals surface area contributed by atoms with Crippen molar-refractivity contribution in [3.63, 3.8) is 0 Å². The molecule has 1 rings (SSSR count). The molecule has 0 atom stereocenters. The first-order valence-electron chi connectivity index (χ1n) is 3.82. The molecule has 0 spiro atoms. The summed E-state index contributed by atoms with van der Waals surface area (Å²) < 4.78 is 0. The molecule has 1 amide bonds. The van der Waals surface area contributed by atoms with Crippen LogP contribution in [0.15, 0.2) is 0 Å². The van der Waals surface area contributed by atoms with Gasteiger partial charge in [0, 0.05) is 26.1 Å². The highest BCUT2D eigenvalue weighted by Gasteiger charge is 2.15.